The molecule has 0 saturated carbocycles. The molecule has 402 valence electrons. The third-order valence-corrected chi connectivity index (χ3v) is 13.5. The first kappa shape index (κ1) is 58.1. The first-order chi connectivity index (χ1) is 36.7. The van der Waals surface area contributed by atoms with E-state index in [1.54, 1.807) is 32.3 Å². The molecule has 4 amide bonds. The minimum atomic E-state index is -0.507. The van der Waals surface area contributed by atoms with Crippen LogP contribution in [0.15, 0.2) is 82.2 Å². The van der Waals surface area contributed by atoms with Crippen molar-refractivity contribution in [3.8, 4) is 0 Å². The van der Waals surface area contributed by atoms with Gasteiger partial charge in [-0.15, -0.1) is 30.6 Å². The number of amides is 4. The van der Waals surface area contributed by atoms with E-state index in [1.165, 1.54) is 57.1 Å². The number of nitrogens with one attached hydrogen (secondary N) is 3. The van der Waals surface area contributed by atoms with Gasteiger partial charge >= 0.3 is 0 Å². The second-order valence-corrected chi connectivity index (χ2v) is 21.2. The summed E-state index contributed by atoms with van der Waals surface area (Å²) in [6.45, 7) is 17.4. The Hall–Kier alpha value is -8.15. The van der Waals surface area contributed by atoms with Crippen LogP contribution in [-0.2, 0) is 24.1 Å². The van der Waals surface area contributed by atoms with E-state index in [4.69, 9.17) is 13.3 Å². The number of hydrogen-bond acceptors (Lipinski definition) is 19. The van der Waals surface area contributed by atoms with Gasteiger partial charge in [0.2, 0.25) is 21.8 Å². The summed E-state index contributed by atoms with van der Waals surface area (Å²) < 4.78 is 16.9. The number of fused-ring (bicyclic) bond motifs is 3. The average molecular weight is 1100 g/mol. The van der Waals surface area contributed by atoms with Gasteiger partial charge in [-0.05, 0) is 112 Å². The molecule has 0 unspecified atom stereocenters. The Morgan fingerprint density at radius 3 is 0.961 bits per heavy atom. The predicted octanol–water partition coefficient (Wildman–Crippen LogP) is 10.1. The Labute approximate surface area is 454 Å². The summed E-state index contributed by atoms with van der Waals surface area (Å²) in [4.78, 5) is 84.8. The fourth-order valence-corrected chi connectivity index (χ4v) is 10.2. The molecule has 6 heterocycles. The highest BCUT2D eigenvalue weighted by Gasteiger charge is 2.19. The molecule has 0 atom stereocenters. The van der Waals surface area contributed by atoms with Crippen LogP contribution < -0.4 is 32.2 Å². The van der Waals surface area contributed by atoms with E-state index in [1.807, 2.05) is 80.5 Å². The standard InChI is InChI=1S/3C17H17N3O3S.C3H7NO/c3*1-4-5-14-19-20-17(24-14)18-16(22)13-8-11(21)15-10(3)6-9(2)7-12(15)23-13;1-4(2)3-5/h3*6-8H,4-5H2,1-3H3,(H,18,20,22);3H,1-2H3. The number of anilines is 3. The number of hydrogen-bond donors (Lipinski definition) is 3. The van der Waals surface area contributed by atoms with Crippen LogP contribution in [0.3, 0.4) is 0 Å². The van der Waals surface area contributed by atoms with E-state index in [-0.39, 0.29) is 33.6 Å². The number of aryl methyl sites for hydroxylation is 9. The Morgan fingerprint density at radius 2 is 0.727 bits per heavy atom. The molecule has 0 saturated heterocycles. The molecular weight excluding hydrogens is 1040 g/mol. The van der Waals surface area contributed by atoms with E-state index in [9.17, 15) is 33.6 Å². The summed E-state index contributed by atoms with van der Waals surface area (Å²) in [7, 11) is 3.38. The SMILES string of the molecule is CCCc1nnc(NC(=O)c2cc(=O)c3c(C)cc(C)cc3o2)s1.CCCc1nnc(NC(=O)c2cc(=O)c3c(C)cc(C)cc3o2)s1.CCCc1nnc(NC(=O)c2cc(=O)c3c(C)cc(C)cc3o2)s1.CN(C)C=O. The van der Waals surface area contributed by atoms with Gasteiger partial charge in [0.25, 0.3) is 17.7 Å². The van der Waals surface area contributed by atoms with Gasteiger partial charge in [-0.3, -0.25) is 49.5 Å². The lowest BCUT2D eigenvalue weighted by Gasteiger charge is -2.05. The molecule has 0 aliphatic rings. The maximum atomic E-state index is 12.3. The highest BCUT2D eigenvalue weighted by atomic mass is 32.1. The van der Waals surface area contributed by atoms with Crippen molar-refractivity contribution in [2.75, 3.05) is 30.0 Å². The Kier molecular flexibility index (Phi) is 20.0. The van der Waals surface area contributed by atoms with E-state index in [0.717, 1.165) is 93.3 Å². The molecule has 77 heavy (non-hydrogen) atoms. The van der Waals surface area contributed by atoms with E-state index in [0.29, 0.717) is 48.3 Å². The van der Waals surface area contributed by atoms with Crippen molar-refractivity contribution < 1.29 is 32.4 Å². The number of nitrogens with zero attached hydrogens (tertiary/aromatic N) is 7. The van der Waals surface area contributed by atoms with Crippen LogP contribution in [-0.4, -0.2) is 73.7 Å². The molecule has 9 rings (SSSR count). The van der Waals surface area contributed by atoms with Crippen LogP contribution in [0.2, 0.25) is 0 Å². The van der Waals surface area contributed by atoms with Gasteiger partial charge < -0.3 is 18.2 Å². The highest BCUT2D eigenvalue weighted by molar-refractivity contribution is 7.16. The molecule has 20 nitrogen and oxygen atoms in total. The molecule has 6 aromatic heterocycles. The lowest BCUT2D eigenvalue weighted by molar-refractivity contribution is -0.115. The molecule has 0 radical (unpaired) electrons. The zero-order valence-electron chi connectivity index (χ0n) is 44.5. The van der Waals surface area contributed by atoms with Gasteiger partial charge in [-0.2, -0.15) is 0 Å². The van der Waals surface area contributed by atoms with E-state index < -0.39 is 17.7 Å². The Bertz CT molecular complexity index is 3420. The van der Waals surface area contributed by atoms with Crippen molar-refractivity contribution in [1.82, 2.24) is 35.5 Å². The van der Waals surface area contributed by atoms with Gasteiger partial charge in [-0.25, -0.2) is 0 Å². The summed E-state index contributed by atoms with van der Waals surface area (Å²) in [5.74, 6) is -1.63. The number of rotatable bonds is 13. The zero-order valence-corrected chi connectivity index (χ0v) is 46.9. The Morgan fingerprint density at radius 1 is 0.468 bits per heavy atom. The molecule has 9 aromatic rings. The van der Waals surface area contributed by atoms with Crippen LogP contribution in [0.1, 0.15) is 120 Å². The lowest BCUT2D eigenvalue weighted by atomic mass is 10.1. The van der Waals surface area contributed by atoms with Gasteiger partial charge in [0, 0.05) is 51.6 Å². The van der Waals surface area contributed by atoms with Crippen LogP contribution in [0.4, 0.5) is 15.4 Å². The molecule has 3 N–H and O–H groups in total. The number of carbonyl (C=O) groups excluding carboxylic acids is 4. The summed E-state index contributed by atoms with van der Waals surface area (Å²) in [5, 5.41) is 37.0. The summed E-state index contributed by atoms with van der Waals surface area (Å²) >= 11 is 3.96. The van der Waals surface area contributed by atoms with Gasteiger partial charge in [0.15, 0.2) is 33.6 Å². The highest BCUT2D eigenvalue weighted by Crippen LogP contribution is 2.25. The molecule has 0 aliphatic carbocycles. The van der Waals surface area contributed by atoms with Crippen LogP contribution >= 0.6 is 34.0 Å². The van der Waals surface area contributed by atoms with E-state index >= 15 is 0 Å². The van der Waals surface area contributed by atoms with Crippen molar-refractivity contribution >= 4 is 106 Å². The number of carbonyl (C=O) groups is 4. The topological polar surface area (TPSA) is 276 Å². The average Bonchev–Trinajstić information content (AvgIpc) is 4.14. The molecular formula is C54H58N10O10S3. The van der Waals surface area contributed by atoms with Crippen molar-refractivity contribution in [1.29, 1.82) is 0 Å². The smallest absolute Gasteiger partial charge is 0.293 e. The van der Waals surface area contributed by atoms with Crippen LogP contribution in [0.25, 0.3) is 32.9 Å². The first-order valence-electron chi connectivity index (χ1n) is 24.4. The predicted molar refractivity (Wildman–Crippen MR) is 301 cm³/mol. The first-order valence-corrected chi connectivity index (χ1v) is 26.8. The summed E-state index contributed by atoms with van der Waals surface area (Å²) in [6, 6.07) is 14.6. The Balaban J connectivity index is 0.000000179. The van der Waals surface area contributed by atoms with Crippen molar-refractivity contribution in [3.63, 3.8) is 0 Å². The van der Waals surface area contributed by atoms with Crippen molar-refractivity contribution in [2.45, 2.75) is 101 Å². The van der Waals surface area contributed by atoms with Crippen molar-refractivity contribution in [3.05, 3.63) is 151 Å². The molecule has 0 fully saturated rings. The second kappa shape index (κ2) is 26.6. The maximum absolute atomic E-state index is 12.3. The van der Waals surface area contributed by atoms with Crippen LogP contribution in [0, 0.1) is 41.5 Å². The minimum Gasteiger partial charge on any atom is -0.451 e. The molecule has 0 spiro atoms. The lowest BCUT2D eigenvalue weighted by Crippen LogP contribution is -2.15. The third kappa shape index (κ3) is 15.5. The fraction of sp³-hybridized carbons (Fsp3) is 0.315. The fourth-order valence-electron chi connectivity index (χ4n) is 7.66. The van der Waals surface area contributed by atoms with Gasteiger partial charge in [0.1, 0.15) is 31.8 Å². The monoisotopic (exact) mass is 1100 g/mol. The third-order valence-electron chi connectivity index (χ3n) is 10.9. The summed E-state index contributed by atoms with van der Waals surface area (Å²) in [5.41, 5.74) is 5.93. The summed E-state index contributed by atoms with van der Waals surface area (Å²) in [6.07, 6.45) is 6.08. The molecule has 0 aliphatic heterocycles. The number of aromatic nitrogens is 6. The van der Waals surface area contributed by atoms with Crippen molar-refractivity contribution in [2.24, 2.45) is 0 Å². The normalized spacial score (nSPS) is 10.7. The van der Waals surface area contributed by atoms with Gasteiger partial charge in [0.05, 0.1) is 16.2 Å². The molecule has 23 heteroatoms. The van der Waals surface area contributed by atoms with Gasteiger partial charge in [-0.1, -0.05) is 73.0 Å². The number of benzene rings is 3. The maximum Gasteiger partial charge on any atom is 0.293 e. The minimum absolute atomic E-state index is 0.0373. The molecule has 3 aromatic carbocycles. The zero-order chi connectivity index (χ0) is 56.1. The largest absolute Gasteiger partial charge is 0.451 e. The van der Waals surface area contributed by atoms with E-state index in [2.05, 4.69) is 46.5 Å². The second-order valence-electron chi connectivity index (χ2n) is 18.0. The van der Waals surface area contributed by atoms with Crippen LogP contribution in [0.5, 0.6) is 0 Å². The quantitative estimate of drug-likeness (QED) is 0.0906. The molecule has 0 bridgehead atoms.